The van der Waals surface area contributed by atoms with Gasteiger partial charge >= 0.3 is 0 Å². The monoisotopic (exact) mass is 321 g/mol. The number of rotatable bonds is 3. The molecule has 0 amide bonds. The predicted molar refractivity (Wildman–Crippen MR) is 82.2 cm³/mol. The van der Waals surface area contributed by atoms with Gasteiger partial charge in [-0.3, -0.25) is 0 Å². The number of nitrogens with zero attached hydrogens (tertiary/aromatic N) is 2. The Morgan fingerprint density at radius 3 is 2.68 bits per heavy atom. The van der Waals surface area contributed by atoms with E-state index in [9.17, 15) is 0 Å². The SMILES string of the molecule is CN1CCC(C)(CNc2ccc(C#N)cc2Br)CC1. The van der Waals surface area contributed by atoms with Crippen molar-refractivity contribution < 1.29 is 0 Å². The highest BCUT2D eigenvalue weighted by atomic mass is 79.9. The minimum atomic E-state index is 0.361. The second-order valence-corrected chi connectivity index (χ2v) is 6.63. The van der Waals surface area contributed by atoms with Crippen molar-refractivity contribution in [2.24, 2.45) is 5.41 Å². The highest BCUT2D eigenvalue weighted by Crippen LogP contribution is 2.32. The van der Waals surface area contributed by atoms with Crippen LogP contribution >= 0.6 is 15.9 Å². The van der Waals surface area contributed by atoms with Crippen molar-refractivity contribution in [1.82, 2.24) is 4.90 Å². The molecule has 102 valence electrons. The van der Waals surface area contributed by atoms with Crippen LogP contribution in [-0.2, 0) is 0 Å². The van der Waals surface area contributed by atoms with Gasteiger partial charge in [-0.2, -0.15) is 5.26 Å². The summed E-state index contributed by atoms with van der Waals surface area (Å²) in [5.41, 5.74) is 2.11. The summed E-state index contributed by atoms with van der Waals surface area (Å²) < 4.78 is 0.961. The highest BCUT2D eigenvalue weighted by Gasteiger charge is 2.28. The first-order chi connectivity index (χ1) is 9.02. The van der Waals surface area contributed by atoms with Crippen molar-refractivity contribution >= 4 is 21.6 Å². The lowest BCUT2D eigenvalue weighted by molar-refractivity contribution is 0.150. The summed E-state index contributed by atoms with van der Waals surface area (Å²) in [5.74, 6) is 0. The third-order valence-corrected chi connectivity index (χ3v) is 4.65. The van der Waals surface area contributed by atoms with Crippen molar-refractivity contribution in [3.05, 3.63) is 28.2 Å². The van der Waals surface area contributed by atoms with Crippen LogP contribution in [0.2, 0.25) is 0 Å². The predicted octanol–water partition coefficient (Wildman–Crippen LogP) is 3.46. The Morgan fingerprint density at radius 1 is 1.42 bits per heavy atom. The Hall–Kier alpha value is -1.05. The quantitative estimate of drug-likeness (QED) is 0.926. The maximum Gasteiger partial charge on any atom is 0.0992 e. The molecule has 1 saturated heterocycles. The van der Waals surface area contributed by atoms with Crippen molar-refractivity contribution in [3.8, 4) is 6.07 Å². The van der Waals surface area contributed by atoms with Gasteiger partial charge in [0.15, 0.2) is 0 Å². The maximum absolute atomic E-state index is 8.86. The molecule has 0 saturated carbocycles. The standard InChI is InChI=1S/C15H20BrN3/c1-15(5-7-19(2)8-6-15)11-18-14-4-3-12(10-17)9-13(14)16/h3-4,9,18H,5-8,11H2,1-2H3. The molecular formula is C15H20BrN3. The summed E-state index contributed by atoms with van der Waals surface area (Å²) in [5, 5.41) is 12.4. The van der Waals surface area contributed by atoms with Crippen LogP contribution in [0.1, 0.15) is 25.3 Å². The molecule has 1 aromatic rings. The van der Waals surface area contributed by atoms with E-state index in [0.29, 0.717) is 11.0 Å². The molecule has 0 aliphatic carbocycles. The van der Waals surface area contributed by atoms with Crippen molar-refractivity contribution in [2.45, 2.75) is 19.8 Å². The van der Waals surface area contributed by atoms with Gasteiger partial charge in [0.25, 0.3) is 0 Å². The molecule has 1 heterocycles. The first-order valence-electron chi connectivity index (χ1n) is 6.64. The third-order valence-electron chi connectivity index (χ3n) is 4.00. The van der Waals surface area contributed by atoms with Crippen molar-refractivity contribution in [2.75, 3.05) is 32.0 Å². The molecule has 0 atom stereocenters. The minimum absolute atomic E-state index is 0.361. The Morgan fingerprint density at radius 2 is 2.11 bits per heavy atom. The summed E-state index contributed by atoms with van der Waals surface area (Å²) >= 11 is 3.52. The zero-order chi connectivity index (χ0) is 13.9. The normalized spacial score (nSPS) is 18.8. The lowest BCUT2D eigenvalue weighted by Crippen LogP contribution is -2.40. The third kappa shape index (κ3) is 3.71. The fourth-order valence-corrected chi connectivity index (χ4v) is 2.89. The van der Waals surface area contributed by atoms with Crippen molar-refractivity contribution in [3.63, 3.8) is 0 Å². The average molecular weight is 322 g/mol. The van der Waals surface area contributed by atoms with Gasteiger partial charge in [0, 0.05) is 16.7 Å². The van der Waals surface area contributed by atoms with Gasteiger partial charge in [-0.1, -0.05) is 6.92 Å². The average Bonchev–Trinajstić information content (AvgIpc) is 2.41. The molecule has 1 aliphatic rings. The van der Waals surface area contributed by atoms with Gasteiger partial charge in [0.05, 0.1) is 11.6 Å². The van der Waals surface area contributed by atoms with Crippen LogP contribution in [0.25, 0.3) is 0 Å². The molecule has 0 aromatic heterocycles. The Labute approximate surface area is 123 Å². The topological polar surface area (TPSA) is 39.1 Å². The zero-order valence-corrected chi connectivity index (χ0v) is 13.1. The second kappa shape index (κ2) is 5.94. The first kappa shape index (κ1) is 14.4. The smallest absolute Gasteiger partial charge is 0.0992 e. The van der Waals surface area contributed by atoms with E-state index in [4.69, 9.17) is 5.26 Å². The van der Waals surface area contributed by atoms with Crippen LogP contribution in [0.5, 0.6) is 0 Å². The van der Waals surface area contributed by atoms with E-state index >= 15 is 0 Å². The molecule has 3 nitrogen and oxygen atoms in total. The molecule has 0 bridgehead atoms. The molecule has 0 radical (unpaired) electrons. The molecule has 1 fully saturated rings. The number of benzene rings is 1. The molecule has 0 spiro atoms. The van der Waals surface area contributed by atoms with Crippen molar-refractivity contribution in [1.29, 1.82) is 5.26 Å². The van der Waals surface area contributed by atoms with Crippen LogP contribution in [0.15, 0.2) is 22.7 Å². The number of hydrogen-bond donors (Lipinski definition) is 1. The van der Waals surface area contributed by atoms with Crippen LogP contribution in [-0.4, -0.2) is 31.6 Å². The number of hydrogen-bond acceptors (Lipinski definition) is 3. The van der Waals surface area contributed by atoms with E-state index in [-0.39, 0.29) is 0 Å². The molecule has 2 rings (SSSR count). The summed E-state index contributed by atoms with van der Waals surface area (Å²) in [4.78, 5) is 2.39. The summed E-state index contributed by atoms with van der Waals surface area (Å²) in [6.07, 6.45) is 2.45. The largest absolute Gasteiger partial charge is 0.384 e. The number of likely N-dealkylation sites (tertiary alicyclic amines) is 1. The van der Waals surface area contributed by atoms with Crippen LogP contribution in [0.4, 0.5) is 5.69 Å². The summed E-state index contributed by atoms with van der Waals surface area (Å²) in [6, 6.07) is 7.83. The summed E-state index contributed by atoms with van der Waals surface area (Å²) in [7, 11) is 2.18. The Kier molecular flexibility index (Phi) is 4.49. The molecule has 19 heavy (non-hydrogen) atoms. The minimum Gasteiger partial charge on any atom is -0.384 e. The van der Waals surface area contributed by atoms with E-state index in [0.717, 1.165) is 16.7 Å². The first-order valence-corrected chi connectivity index (χ1v) is 7.44. The Bertz CT molecular complexity index is 485. The number of piperidine rings is 1. The molecule has 0 unspecified atom stereocenters. The second-order valence-electron chi connectivity index (χ2n) is 5.77. The van der Waals surface area contributed by atoms with E-state index < -0.39 is 0 Å². The number of nitrogens with one attached hydrogen (secondary N) is 1. The molecule has 1 aliphatic heterocycles. The fourth-order valence-electron chi connectivity index (χ4n) is 2.37. The lowest BCUT2D eigenvalue weighted by Gasteiger charge is -2.38. The van der Waals surface area contributed by atoms with Gasteiger partial charge in [0.2, 0.25) is 0 Å². The maximum atomic E-state index is 8.86. The van der Waals surface area contributed by atoms with Gasteiger partial charge in [-0.25, -0.2) is 0 Å². The number of halogens is 1. The van der Waals surface area contributed by atoms with Gasteiger partial charge in [-0.15, -0.1) is 0 Å². The van der Waals surface area contributed by atoms with E-state index in [1.807, 2.05) is 18.2 Å². The number of nitriles is 1. The van der Waals surface area contributed by atoms with Gasteiger partial charge in [-0.05, 0) is 72.5 Å². The highest BCUT2D eigenvalue weighted by molar-refractivity contribution is 9.10. The van der Waals surface area contributed by atoms with Crippen LogP contribution in [0.3, 0.4) is 0 Å². The summed E-state index contributed by atoms with van der Waals surface area (Å²) in [6.45, 7) is 5.68. The van der Waals surface area contributed by atoms with E-state index in [1.54, 1.807) is 0 Å². The molecule has 1 aromatic carbocycles. The molecule has 4 heteroatoms. The van der Waals surface area contributed by atoms with Gasteiger partial charge in [0.1, 0.15) is 0 Å². The van der Waals surface area contributed by atoms with Crippen LogP contribution < -0.4 is 5.32 Å². The molecular weight excluding hydrogens is 302 g/mol. The number of anilines is 1. The fraction of sp³-hybridized carbons (Fsp3) is 0.533. The van der Waals surface area contributed by atoms with Crippen LogP contribution in [0, 0.1) is 16.7 Å². The zero-order valence-electron chi connectivity index (χ0n) is 11.5. The van der Waals surface area contributed by atoms with E-state index in [2.05, 4.69) is 46.2 Å². The molecule has 1 N–H and O–H groups in total. The van der Waals surface area contributed by atoms with Gasteiger partial charge < -0.3 is 10.2 Å². The van der Waals surface area contributed by atoms with E-state index in [1.165, 1.54) is 25.9 Å². The Balaban J connectivity index is 1.97. The lowest BCUT2D eigenvalue weighted by atomic mass is 9.80.